The molecule has 2 atom stereocenters. The zero-order valence-electron chi connectivity index (χ0n) is 14.0. The molecule has 1 saturated carbocycles. The fraction of sp³-hybridized carbons (Fsp3) is 0.500. The maximum atomic E-state index is 12.0. The number of carbonyl (C=O) groups is 1. The van der Waals surface area contributed by atoms with Gasteiger partial charge in [-0.05, 0) is 36.5 Å². The van der Waals surface area contributed by atoms with Gasteiger partial charge in [-0.3, -0.25) is 14.5 Å². The number of carbonyl (C=O) groups excluding carboxylic acids is 1. The molecule has 0 unspecified atom stereocenters. The number of nitrogens with zero attached hydrogens (tertiary/aromatic N) is 3. The molecule has 0 spiro atoms. The summed E-state index contributed by atoms with van der Waals surface area (Å²) in [5.41, 5.74) is 1.11. The molecule has 1 N–H and O–H groups in total. The SMILES string of the molecule is C[C@@H]1CCCC[C@@H]1OCC(=O)Nc1ccn(Cc2ccncc2)n1. The number of hydrogen-bond donors (Lipinski definition) is 1. The number of hydrogen-bond acceptors (Lipinski definition) is 4. The van der Waals surface area contributed by atoms with Crippen molar-refractivity contribution in [1.29, 1.82) is 0 Å². The standard InChI is InChI=1S/C18H24N4O2/c1-14-4-2-3-5-16(14)24-13-18(23)20-17-8-11-22(21-17)12-15-6-9-19-10-7-15/h6-11,14,16H,2-5,12-13H2,1H3,(H,20,21,23)/t14-,16+/m1/s1. The van der Waals surface area contributed by atoms with E-state index in [1.54, 1.807) is 23.1 Å². The van der Waals surface area contributed by atoms with E-state index in [1.807, 2.05) is 18.3 Å². The van der Waals surface area contributed by atoms with Crippen molar-refractivity contribution < 1.29 is 9.53 Å². The van der Waals surface area contributed by atoms with Gasteiger partial charge in [0.15, 0.2) is 5.82 Å². The lowest BCUT2D eigenvalue weighted by molar-refractivity contribution is -0.124. The molecule has 1 aliphatic rings. The Balaban J connectivity index is 1.46. The quantitative estimate of drug-likeness (QED) is 0.885. The van der Waals surface area contributed by atoms with E-state index in [2.05, 4.69) is 22.3 Å². The smallest absolute Gasteiger partial charge is 0.251 e. The summed E-state index contributed by atoms with van der Waals surface area (Å²) in [4.78, 5) is 16.0. The van der Waals surface area contributed by atoms with Crippen LogP contribution in [0, 0.1) is 5.92 Å². The highest BCUT2D eigenvalue weighted by Crippen LogP contribution is 2.26. The van der Waals surface area contributed by atoms with Crippen molar-refractivity contribution in [2.45, 2.75) is 45.3 Å². The van der Waals surface area contributed by atoms with Gasteiger partial charge in [0, 0.05) is 24.7 Å². The van der Waals surface area contributed by atoms with Crippen LogP contribution in [0.2, 0.25) is 0 Å². The topological polar surface area (TPSA) is 69.0 Å². The van der Waals surface area contributed by atoms with Gasteiger partial charge >= 0.3 is 0 Å². The van der Waals surface area contributed by atoms with Crippen molar-refractivity contribution in [2.75, 3.05) is 11.9 Å². The lowest BCUT2D eigenvalue weighted by Crippen LogP contribution is -2.29. The van der Waals surface area contributed by atoms with Crippen LogP contribution in [0.1, 0.15) is 38.2 Å². The van der Waals surface area contributed by atoms with Crippen LogP contribution >= 0.6 is 0 Å². The molecular formula is C18H24N4O2. The lowest BCUT2D eigenvalue weighted by Gasteiger charge is -2.28. The van der Waals surface area contributed by atoms with Gasteiger partial charge < -0.3 is 10.1 Å². The molecule has 6 heteroatoms. The fourth-order valence-corrected chi connectivity index (χ4v) is 3.08. The van der Waals surface area contributed by atoms with Gasteiger partial charge in [-0.1, -0.05) is 19.8 Å². The molecular weight excluding hydrogens is 304 g/mol. The summed E-state index contributed by atoms with van der Waals surface area (Å²) in [5, 5.41) is 7.16. The Morgan fingerprint density at radius 3 is 2.88 bits per heavy atom. The molecule has 1 aliphatic carbocycles. The third kappa shape index (κ3) is 4.64. The zero-order chi connectivity index (χ0) is 16.8. The minimum atomic E-state index is -0.151. The number of aromatic nitrogens is 3. The Hall–Kier alpha value is -2.21. The first-order valence-electron chi connectivity index (χ1n) is 8.54. The van der Waals surface area contributed by atoms with E-state index < -0.39 is 0 Å². The van der Waals surface area contributed by atoms with Crippen LogP contribution in [0.25, 0.3) is 0 Å². The molecule has 1 amide bonds. The molecule has 3 rings (SSSR count). The molecule has 2 heterocycles. The predicted octanol–water partition coefficient (Wildman–Crippen LogP) is 2.86. The first-order chi connectivity index (χ1) is 11.7. The second-order valence-electron chi connectivity index (χ2n) is 6.41. The Bertz CT molecular complexity index is 656. The predicted molar refractivity (Wildman–Crippen MR) is 91.6 cm³/mol. The molecule has 24 heavy (non-hydrogen) atoms. The van der Waals surface area contributed by atoms with Crippen molar-refractivity contribution >= 4 is 11.7 Å². The average molecular weight is 328 g/mol. The average Bonchev–Trinajstić information content (AvgIpc) is 3.02. The fourth-order valence-electron chi connectivity index (χ4n) is 3.08. The molecule has 2 aromatic heterocycles. The lowest BCUT2D eigenvalue weighted by atomic mass is 9.88. The molecule has 0 radical (unpaired) electrons. The molecule has 0 aliphatic heterocycles. The summed E-state index contributed by atoms with van der Waals surface area (Å²) in [6, 6.07) is 5.68. The van der Waals surface area contributed by atoms with Crippen molar-refractivity contribution in [3.05, 3.63) is 42.4 Å². The number of pyridine rings is 1. The number of amides is 1. The van der Waals surface area contributed by atoms with Gasteiger partial charge in [-0.25, -0.2) is 0 Å². The third-order valence-corrected chi connectivity index (χ3v) is 4.46. The Morgan fingerprint density at radius 2 is 2.08 bits per heavy atom. The van der Waals surface area contributed by atoms with Crippen molar-refractivity contribution in [3.8, 4) is 0 Å². The van der Waals surface area contributed by atoms with Crippen LogP contribution in [0.4, 0.5) is 5.82 Å². The van der Waals surface area contributed by atoms with Crippen LogP contribution in [-0.2, 0) is 16.1 Å². The second kappa shape index (κ2) is 8.06. The van der Waals surface area contributed by atoms with Gasteiger partial charge in [0.05, 0.1) is 12.6 Å². The highest BCUT2D eigenvalue weighted by atomic mass is 16.5. The van der Waals surface area contributed by atoms with Crippen molar-refractivity contribution in [2.24, 2.45) is 5.92 Å². The molecule has 2 aromatic rings. The summed E-state index contributed by atoms with van der Waals surface area (Å²) in [6.07, 6.45) is 10.3. The minimum Gasteiger partial charge on any atom is -0.368 e. The Morgan fingerprint density at radius 1 is 1.29 bits per heavy atom. The summed E-state index contributed by atoms with van der Waals surface area (Å²) in [7, 11) is 0. The zero-order valence-corrected chi connectivity index (χ0v) is 14.0. The van der Waals surface area contributed by atoms with E-state index in [0.717, 1.165) is 12.0 Å². The van der Waals surface area contributed by atoms with Crippen LogP contribution in [0.3, 0.4) is 0 Å². The normalized spacial score (nSPS) is 20.7. The highest BCUT2D eigenvalue weighted by molar-refractivity contribution is 5.90. The van der Waals surface area contributed by atoms with Crippen molar-refractivity contribution in [3.63, 3.8) is 0 Å². The maximum absolute atomic E-state index is 12.0. The second-order valence-corrected chi connectivity index (χ2v) is 6.41. The van der Waals surface area contributed by atoms with E-state index in [1.165, 1.54) is 19.3 Å². The first-order valence-corrected chi connectivity index (χ1v) is 8.54. The molecule has 6 nitrogen and oxygen atoms in total. The van der Waals surface area contributed by atoms with E-state index in [0.29, 0.717) is 18.3 Å². The molecule has 0 saturated heterocycles. The number of anilines is 1. The monoisotopic (exact) mass is 328 g/mol. The summed E-state index contributed by atoms with van der Waals surface area (Å²) >= 11 is 0. The van der Waals surface area contributed by atoms with Gasteiger partial charge in [-0.2, -0.15) is 5.10 Å². The summed E-state index contributed by atoms with van der Waals surface area (Å²) < 4.78 is 7.56. The maximum Gasteiger partial charge on any atom is 0.251 e. The minimum absolute atomic E-state index is 0.0895. The van der Waals surface area contributed by atoms with E-state index in [4.69, 9.17) is 4.74 Å². The highest BCUT2D eigenvalue weighted by Gasteiger charge is 2.22. The summed E-state index contributed by atoms with van der Waals surface area (Å²) in [6.45, 7) is 2.93. The van der Waals surface area contributed by atoms with Gasteiger partial charge in [0.25, 0.3) is 5.91 Å². The van der Waals surface area contributed by atoms with Crippen LogP contribution in [-0.4, -0.2) is 33.4 Å². The van der Waals surface area contributed by atoms with Gasteiger partial charge in [0.1, 0.15) is 6.61 Å². The van der Waals surface area contributed by atoms with Gasteiger partial charge in [0.2, 0.25) is 0 Å². The van der Waals surface area contributed by atoms with Crippen LogP contribution < -0.4 is 5.32 Å². The van der Waals surface area contributed by atoms with E-state index >= 15 is 0 Å². The van der Waals surface area contributed by atoms with E-state index in [9.17, 15) is 4.79 Å². The molecule has 128 valence electrons. The van der Waals surface area contributed by atoms with Crippen LogP contribution in [0.5, 0.6) is 0 Å². The molecule has 0 aromatic carbocycles. The number of rotatable bonds is 6. The molecule has 0 bridgehead atoms. The summed E-state index contributed by atoms with van der Waals surface area (Å²) in [5.74, 6) is 0.933. The Labute approximate surface area is 142 Å². The van der Waals surface area contributed by atoms with Crippen molar-refractivity contribution in [1.82, 2.24) is 14.8 Å². The first kappa shape index (κ1) is 16.6. The van der Waals surface area contributed by atoms with Gasteiger partial charge in [-0.15, -0.1) is 0 Å². The largest absolute Gasteiger partial charge is 0.368 e. The Kier molecular flexibility index (Phi) is 5.59. The van der Waals surface area contributed by atoms with Crippen LogP contribution in [0.15, 0.2) is 36.8 Å². The molecule has 1 fully saturated rings. The van der Waals surface area contributed by atoms with E-state index in [-0.39, 0.29) is 18.6 Å². The number of ether oxygens (including phenoxy) is 1. The number of nitrogens with one attached hydrogen (secondary N) is 1. The third-order valence-electron chi connectivity index (χ3n) is 4.46.